The lowest BCUT2D eigenvalue weighted by Gasteiger charge is -2.42. The minimum absolute atomic E-state index is 0.166. The molecule has 0 aliphatic carbocycles. The second-order valence-corrected chi connectivity index (χ2v) is 9.78. The maximum absolute atomic E-state index is 11.9. The van der Waals surface area contributed by atoms with Crippen molar-refractivity contribution in [1.82, 2.24) is 10.2 Å². The van der Waals surface area contributed by atoms with Gasteiger partial charge in [0.2, 0.25) is 5.91 Å². The Labute approximate surface area is 195 Å². The predicted octanol–water partition coefficient (Wildman–Crippen LogP) is 5.17. The third kappa shape index (κ3) is 4.72. The van der Waals surface area contributed by atoms with E-state index >= 15 is 0 Å². The summed E-state index contributed by atoms with van der Waals surface area (Å²) in [7, 11) is 1.73. The molecule has 31 heavy (non-hydrogen) atoms. The van der Waals surface area contributed by atoms with Crippen LogP contribution in [0.5, 0.6) is 0 Å². The number of amides is 1. The van der Waals surface area contributed by atoms with Gasteiger partial charge in [0, 0.05) is 38.5 Å². The highest BCUT2D eigenvalue weighted by Gasteiger charge is 2.31. The SMILES string of the molecule is CNC(=O)C1CCN(Cc2c(C)cc(C3CN(c4c(Cl)cccc4Cl)C3)cc2C)CC1. The van der Waals surface area contributed by atoms with Crippen LogP contribution in [0, 0.1) is 19.8 Å². The average molecular weight is 460 g/mol. The highest BCUT2D eigenvalue weighted by molar-refractivity contribution is 6.39. The molecule has 2 aromatic carbocycles. The summed E-state index contributed by atoms with van der Waals surface area (Å²) < 4.78 is 0. The third-order valence-electron chi connectivity index (χ3n) is 6.91. The van der Waals surface area contributed by atoms with E-state index in [-0.39, 0.29) is 11.8 Å². The molecule has 0 unspecified atom stereocenters. The van der Waals surface area contributed by atoms with Crippen molar-refractivity contribution in [2.75, 3.05) is 38.1 Å². The van der Waals surface area contributed by atoms with Gasteiger partial charge in [0.05, 0.1) is 15.7 Å². The fraction of sp³-hybridized carbons (Fsp3) is 0.480. The van der Waals surface area contributed by atoms with Crippen LogP contribution in [0.15, 0.2) is 30.3 Å². The first-order valence-corrected chi connectivity index (χ1v) is 11.9. The number of anilines is 1. The number of nitrogens with one attached hydrogen (secondary N) is 1. The summed E-state index contributed by atoms with van der Waals surface area (Å²) in [5, 5.41) is 4.22. The van der Waals surface area contributed by atoms with Crippen molar-refractivity contribution in [3.05, 3.63) is 62.6 Å². The Kier molecular flexibility index (Phi) is 6.80. The fourth-order valence-corrected chi connectivity index (χ4v) is 5.59. The van der Waals surface area contributed by atoms with E-state index in [1.54, 1.807) is 7.05 Å². The van der Waals surface area contributed by atoms with Gasteiger partial charge < -0.3 is 10.2 Å². The first-order chi connectivity index (χ1) is 14.9. The van der Waals surface area contributed by atoms with Crippen LogP contribution in [-0.4, -0.2) is 44.0 Å². The van der Waals surface area contributed by atoms with Gasteiger partial charge in [-0.1, -0.05) is 41.4 Å². The number of benzene rings is 2. The van der Waals surface area contributed by atoms with Crippen LogP contribution in [0.1, 0.15) is 41.0 Å². The Morgan fingerprint density at radius 1 is 1.06 bits per heavy atom. The third-order valence-corrected chi connectivity index (χ3v) is 7.52. The predicted molar refractivity (Wildman–Crippen MR) is 129 cm³/mol. The summed E-state index contributed by atoms with van der Waals surface area (Å²) in [6.07, 6.45) is 1.89. The fourth-order valence-electron chi connectivity index (χ4n) is 4.96. The van der Waals surface area contributed by atoms with Gasteiger partial charge in [-0.25, -0.2) is 0 Å². The van der Waals surface area contributed by atoms with E-state index in [2.05, 4.69) is 41.1 Å². The molecule has 0 bridgehead atoms. The number of rotatable bonds is 5. The number of hydrogen-bond acceptors (Lipinski definition) is 3. The summed E-state index contributed by atoms with van der Waals surface area (Å²) in [6.45, 7) is 9.26. The largest absolute Gasteiger partial charge is 0.368 e. The molecular formula is C25H31Cl2N3O. The van der Waals surface area contributed by atoms with Crippen LogP contribution in [0.4, 0.5) is 5.69 Å². The number of nitrogens with zero attached hydrogens (tertiary/aromatic N) is 2. The zero-order valence-electron chi connectivity index (χ0n) is 18.5. The van der Waals surface area contributed by atoms with E-state index in [1.807, 2.05) is 18.2 Å². The summed E-state index contributed by atoms with van der Waals surface area (Å²) in [5.74, 6) is 0.852. The maximum Gasteiger partial charge on any atom is 0.222 e. The molecule has 0 spiro atoms. The lowest BCUT2D eigenvalue weighted by atomic mass is 9.86. The van der Waals surface area contributed by atoms with Crippen molar-refractivity contribution in [2.45, 2.75) is 39.2 Å². The Hall–Kier alpha value is -1.75. The molecule has 0 aromatic heterocycles. The number of halogens is 2. The normalized spacial score (nSPS) is 18.2. The molecule has 1 amide bonds. The highest BCUT2D eigenvalue weighted by Crippen LogP contribution is 2.40. The topological polar surface area (TPSA) is 35.6 Å². The van der Waals surface area contributed by atoms with Crippen molar-refractivity contribution >= 4 is 34.8 Å². The lowest BCUT2D eigenvalue weighted by molar-refractivity contribution is -0.125. The van der Waals surface area contributed by atoms with Crippen LogP contribution >= 0.6 is 23.2 Å². The van der Waals surface area contributed by atoms with Gasteiger partial charge >= 0.3 is 0 Å². The van der Waals surface area contributed by atoms with E-state index < -0.39 is 0 Å². The summed E-state index contributed by atoms with van der Waals surface area (Å²) in [5.41, 5.74) is 6.49. The first-order valence-electron chi connectivity index (χ1n) is 11.1. The van der Waals surface area contributed by atoms with Crippen molar-refractivity contribution in [1.29, 1.82) is 0 Å². The molecule has 0 saturated carbocycles. The second kappa shape index (κ2) is 9.40. The van der Waals surface area contributed by atoms with E-state index in [0.29, 0.717) is 16.0 Å². The zero-order chi connectivity index (χ0) is 22.1. The van der Waals surface area contributed by atoms with Crippen LogP contribution in [0.3, 0.4) is 0 Å². The number of likely N-dealkylation sites (tertiary alicyclic amines) is 1. The molecule has 2 aliphatic heterocycles. The minimum Gasteiger partial charge on any atom is -0.368 e. The number of carbonyl (C=O) groups is 1. The standard InChI is InChI=1S/C25H31Cl2N3O/c1-16-11-19(20-13-30(14-20)24-22(26)5-4-6-23(24)27)12-17(2)21(16)15-29-9-7-18(8-10-29)25(31)28-3/h4-6,11-12,18,20H,7-10,13-15H2,1-3H3,(H,28,31). The molecule has 2 saturated heterocycles. The summed E-state index contributed by atoms with van der Waals surface area (Å²) in [6, 6.07) is 10.4. The van der Waals surface area contributed by atoms with Crippen molar-refractivity contribution < 1.29 is 4.79 Å². The van der Waals surface area contributed by atoms with E-state index in [1.165, 1.54) is 22.3 Å². The van der Waals surface area contributed by atoms with Crippen LogP contribution in [0.25, 0.3) is 0 Å². The molecule has 4 nitrogen and oxygen atoms in total. The van der Waals surface area contributed by atoms with Crippen molar-refractivity contribution in [2.24, 2.45) is 5.92 Å². The number of hydrogen-bond donors (Lipinski definition) is 1. The van der Waals surface area contributed by atoms with E-state index in [4.69, 9.17) is 23.2 Å². The number of carbonyl (C=O) groups excluding carboxylic acids is 1. The van der Waals surface area contributed by atoms with Gasteiger partial charge in [-0.3, -0.25) is 9.69 Å². The van der Waals surface area contributed by atoms with Crippen molar-refractivity contribution in [3.63, 3.8) is 0 Å². The van der Waals surface area contributed by atoms with Gasteiger partial charge in [0.15, 0.2) is 0 Å². The molecule has 4 rings (SSSR count). The van der Waals surface area contributed by atoms with Gasteiger partial charge in [0.25, 0.3) is 0 Å². The first kappa shape index (κ1) is 22.4. The summed E-state index contributed by atoms with van der Waals surface area (Å²) >= 11 is 12.8. The smallest absolute Gasteiger partial charge is 0.222 e. The molecule has 6 heteroatoms. The molecule has 1 N–H and O–H groups in total. The molecule has 2 heterocycles. The molecule has 0 radical (unpaired) electrons. The Balaban J connectivity index is 1.39. The van der Waals surface area contributed by atoms with Gasteiger partial charge in [0.1, 0.15) is 0 Å². The van der Waals surface area contributed by atoms with Crippen LogP contribution in [-0.2, 0) is 11.3 Å². The van der Waals surface area contributed by atoms with E-state index in [0.717, 1.165) is 51.3 Å². The molecule has 2 fully saturated rings. The quantitative estimate of drug-likeness (QED) is 0.669. The second-order valence-electron chi connectivity index (χ2n) is 8.97. The molecule has 2 aromatic rings. The minimum atomic E-state index is 0.166. The zero-order valence-corrected chi connectivity index (χ0v) is 20.1. The lowest BCUT2D eigenvalue weighted by Crippen LogP contribution is -2.45. The van der Waals surface area contributed by atoms with Gasteiger partial charge in [-0.05, 0) is 74.2 Å². The van der Waals surface area contributed by atoms with E-state index in [9.17, 15) is 4.79 Å². The van der Waals surface area contributed by atoms with Crippen LogP contribution < -0.4 is 10.2 Å². The van der Waals surface area contributed by atoms with Crippen molar-refractivity contribution in [3.8, 4) is 0 Å². The Morgan fingerprint density at radius 3 is 2.19 bits per heavy atom. The molecule has 166 valence electrons. The number of aryl methyl sites for hydroxylation is 2. The maximum atomic E-state index is 11.9. The number of para-hydroxylation sites is 1. The monoisotopic (exact) mass is 459 g/mol. The Morgan fingerprint density at radius 2 is 1.65 bits per heavy atom. The molecule has 0 atom stereocenters. The molecular weight excluding hydrogens is 429 g/mol. The van der Waals surface area contributed by atoms with Gasteiger partial charge in [-0.15, -0.1) is 0 Å². The number of piperidine rings is 1. The Bertz CT molecular complexity index is 920. The average Bonchev–Trinajstić information content (AvgIpc) is 2.71. The van der Waals surface area contributed by atoms with Gasteiger partial charge in [-0.2, -0.15) is 0 Å². The molecule has 2 aliphatic rings. The highest BCUT2D eigenvalue weighted by atomic mass is 35.5. The van der Waals surface area contributed by atoms with Crippen LogP contribution in [0.2, 0.25) is 10.0 Å². The summed E-state index contributed by atoms with van der Waals surface area (Å²) in [4.78, 5) is 16.6.